The summed E-state index contributed by atoms with van der Waals surface area (Å²) in [7, 11) is 1.81. The lowest BCUT2D eigenvalue weighted by Crippen LogP contribution is -2.34. The van der Waals surface area contributed by atoms with Crippen LogP contribution in [0.2, 0.25) is 0 Å². The number of ether oxygens (including phenoxy) is 1. The number of aryl methyl sites for hydroxylation is 1. The Balaban J connectivity index is 2.28. The van der Waals surface area contributed by atoms with E-state index < -0.39 is 11.7 Å². The number of nitrogen functional groups attached to an aromatic ring is 1. The number of nitrogens with one attached hydrogen (secondary N) is 1. The van der Waals surface area contributed by atoms with Crippen LogP contribution in [0.15, 0.2) is 37.2 Å². The zero-order valence-corrected chi connectivity index (χ0v) is 15.1. The summed E-state index contributed by atoms with van der Waals surface area (Å²) in [5.41, 5.74) is 8.28. The minimum Gasteiger partial charge on any atom is -0.444 e. The molecule has 134 valence electrons. The predicted octanol–water partition coefficient (Wildman–Crippen LogP) is 3.21. The first-order valence-corrected chi connectivity index (χ1v) is 8.05. The average Bonchev–Trinajstić information content (AvgIpc) is 2.84. The van der Waals surface area contributed by atoms with Gasteiger partial charge >= 0.3 is 6.09 Å². The van der Waals surface area contributed by atoms with Gasteiger partial charge in [0.2, 0.25) is 0 Å². The standard InChI is InChI=1S/C18H25N5O2/c1-6-7-14(22-17(24)25-18(2,3)4)12-8-9-20-15(10-12)16-13(19)11-21-23(16)5/h6,8-11,14H,1,7,19H2,2-5H3,(H,22,24). The van der Waals surface area contributed by atoms with Gasteiger partial charge in [0.1, 0.15) is 11.3 Å². The highest BCUT2D eigenvalue weighted by Crippen LogP contribution is 2.26. The molecule has 25 heavy (non-hydrogen) atoms. The lowest BCUT2D eigenvalue weighted by atomic mass is 10.0. The third-order valence-corrected chi connectivity index (χ3v) is 3.49. The van der Waals surface area contributed by atoms with Gasteiger partial charge in [-0.1, -0.05) is 6.08 Å². The normalized spacial score (nSPS) is 12.5. The number of rotatable bonds is 5. The Morgan fingerprint density at radius 3 is 2.80 bits per heavy atom. The number of aromatic nitrogens is 3. The molecule has 2 aromatic heterocycles. The van der Waals surface area contributed by atoms with E-state index >= 15 is 0 Å². The molecule has 0 saturated carbocycles. The van der Waals surface area contributed by atoms with E-state index in [1.807, 2.05) is 32.9 Å². The van der Waals surface area contributed by atoms with Gasteiger partial charge in [0.05, 0.1) is 23.6 Å². The van der Waals surface area contributed by atoms with Crippen LogP contribution >= 0.6 is 0 Å². The Kier molecular flexibility index (Phi) is 5.46. The molecule has 0 aliphatic heterocycles. The lowest BCUT2D eigenvalue weighted by molar-refractivity contribution is 0.0504. The number of nitrogens with two attached hydrogens (primary N) is 1. The second-order valence-corrected chi connectivity index (χ2v) is 6.77. The summed E-state index contributed by atoms with van der Waals surface area (Å²) >= 11 is 0. The Morgan fingerprint density at radius 2 is 2.24 bits per heavy atom. The van der Waals surface area contributed by atoms with E-state index in [9.17, 15) is 4.79 Å². The van der Waals surface area contributed by atoms with E-state index in [4.69, 9.17) is 10.5 Å². The van der Waals surface area contributed by atoms with Gasteiger partial charge in [-0.3, -0.25) is 9.67 Å². The van der Waals surface area contributed by atoms with Crippen molar-refractivity contribution < 1.29 is 9.53 Å². The van der Waals surface area contributed by atoms with E-state index in [-0.39, 0.29) is 6.04 Å². The second kappa shape index (κ2) is 7.38. The molecule has 0 aromatic carbocycles. The molecule has 0 radical (unpaired) electrons. The van der Waals surface area contributed by atoms with Crippen molar-refractivity contribution in [2.75, 3.05) is 5.73 Å². The van der Waals surface area contributed by atoms with Crippen molar-refractivity contribution in [1.29, 1.82) is 0 Å². The monoisotopic (exact) mass is 343 g/mol. The Labute approximate surface area is 147 Å². The quantitative estimate of drug-likeness (QED) is 0.813. The summed E-state index contributed by atoms with van der Waals surface area (Å²) in [5, 5.41) is 7.02. The number of amides is 1. The van der Waals surface area contributed by atoms with Crippen LogP contribution in [0.25, 0.3) is 11.4 Å². The fourth-order valence-electron chi connectivity index (χ4n) is 2.46. The summed E-state index contributed by atoms with van der Waals surface area (Å²) in [4.78, 5) is 16.5. The first kappa shape index (κ1) is 18.5. The Morgan fingerprint density at radius 1 is 1.52 bits per heavy atom. The number of anilines is 1. The van der Waals surface area contributed by atoms with Gasteiger partial charge < -0.3 is 15.8 Å². The van der Waals surface area contributed by atoms with Crippen molar-refractivity contribution >= 4 is 11.8 Å². The van der Waals surface area contributed by atoms with E-state index in [1.165, 1.54) is 0 Å². The molecule has 3 N–H and O–H groups in total. The number of carbonyl (C=O) groups excluding carboxylic acids is 1. The van der Waals surface area contributed by atoms with E-state index in [1.54, 1.807) is 30.2 Å². The van der Waals surface area contributed by atoms with Gasteiger partial charge in [-0.15, -0.1) is 6.58 Å². The fraction of sp³-hybridized carbons (Fsp3) is 0.389. The van der Waals surface area contributed by atoms with E-state index in [2.05, 4.69) is 22.0 Å². The van der Waals surface area contributed by atoms with E-state index in [0.29, 0.717) is 17.8 Å². The first-order chi connectivity index (χ1) is 11.7. The smallest absolute Gasteiger partial charge is 0.408 e. The van der Waals surface area contributed by atoms with E-state index in [0.717, 1.165) is 11.3 Å². The molecule has 2 rings (SSSR count). The summed E-state index contributed by atoms with van der Waals surface area (Å²) in [5.74, 6) is 0. The van der Waals surface area contributed by atoms with Crippen molar-refractivity contribution in [2.24, 2.45) is 7.05 Å². The molecule has 0 aliphatic rings. The maximum absolute atomic E-state index is 12.1. The van der Waals surface area contributed by atoms with Crippen molar-refractivity contribution in [2.45, 2.75) is 38.8 Å². The third-order valence-electron chi connectivity index (χ3n) is 3.49. The van der Waals surface area contributed by atoms with Crippen molar-refractivity contribution in [3.63, 3.8) is 0 Å². The van der Waals surface area contributed by atoms with Crippen LogP contribution in [0.5, 0.6) is 0 Å². The van der Waals surface area contributed by atoms with Crippen LogP contribution in [0, 0.1) is 0 Å². The number of hydrogen-bond donors (Lipinski definition) is 2. The van der Waals surface area contributed by atoms with Gasteiger partial charge in [0.25, 0.3) is 0 Å². The van der Waals surface area contributed by atoms with Crippen LogP contribution in [0.1, 0.15) is 38.8 Å². The van der Waals surface area contributed by atoms with Crippen LogP contribution in [0.3, 0.4) is 0 Å². The third kappa shape index (κ3) is 4.82. The molecule has 1 unspecified atom stereocenters. The first-order valence-electron chi connectivity index (χ1n) is 8.05. The van der Waals surface area contributed by atoms with Gasteiger partial charge in [0.15, 0.2) is 0 Å². The lowest BCUT2D eigenvalue weighted by Gasteiger charge is -2.23. The molecule has 7 nitrogen and oxygen atoms in total. The van der Waals surface area contributed by atoms with Crippen LogP contribution in [0.4, 0.5) is 10.5 Å². The largest absolute Gasteiger partial charge is 0.444 e. The Hall–Kier alpha value is -2.83. The Bertz CT molecular complexity index is 742. The van der Waals surface area contributed by atoms with Crippen LogP contribution < -0.4 is 11.1 Å². The van der Waals surface area contributed by atoms with Crippen molar-refractivity contribution in [1.82, 2.24) is 20.1 Å². The summed E-state index contributed by atoms with van der Waals surface area (Å²) < 4.78 is 7.01. The second-order valence-electron chi connectivity index (χ2n) is 6.77. The molecule has 2 aromatic rings. The predicted molar refractivity (Wildman–Crippen MR) is 97.8 cm³/mol. The molecular weight excluding hydrogens is 318 g/mol. The van der Waals surface area contributed by atoms with Gasteiger partial charge in [-0.2, -0.15) is 5.10 Å². The SMILES string of the molecule is C=CCC(NC(=O)OC(C)(C)C)c1ccnc(-c2c(N)cnn2C)c1. The minimum atomic E-state index is -0.560. The van der Waals surface area contributed by atoms with Crippen molar-refractivity contribution in [3.8, 4) is 11.4 Å². The highest BCUT2D eigenvalue weighted by Gasteiger charge is 2.21. The summed E-state index contributed by atoms with van der Waals surface area (Å²) in [6.07, 6.45) is 5.11. The molecular formula is C18H25N5O2. The maximum Gasteiger partial charge on any atom is 0.408 e. The minimum absolute atomic E-state index is 0.274. The molecule has 0 spiro atoms. The molecule has 0 fully saturated rings. The fourth-order valence-corrected chi connectivity index (χ4v) is 2.46. The number of hydrogen-bond acceptors (Lipinski definition) is 5. The highest BCUT2D eigenvalue weighted by molar-refractivity contribution is 5.71. The molecule has 1 amide bonds. The highest BCUT2D eigenvalue weighted by atomic mass is 16.6. The summed E-state index contributed by atoms with van der Waals surface area (Å²) in [6, 6.07) is 3.46. The average molecular weight is 343 g/mol. The number of nitrogens with zero attached hydrogens (tertiary/aromatic N) is 3. The topological polar surface area (TPSA) is 95.1 Å². The van der Waals surface area contributed by atoms with Gasteiger partial charge in [-0.25, -0.2) is 4.79 Å². The number of pyridine rings is 1. The van der Waals surface area contributed by atoms with Gasteiger partial charge in [0, 0.05) is 13.2 Å². The molecule has 7 heteroatoms. The summed E-state index contributed by atoms with van der Waals surface area (Å²) in [6.45, 7) is 9.24. The van der Waals surface area contributed by atoms with Gasteiger partial charge in [-0.05, 0) is 44.9 Å². The number of alkyl carbamates (subject to hydrolysis) is 1. The number of carbonyl (C=O) groups is 1. The maximum atomic E-state index is 12.1. The molecule has 0 bridgehead atoms. The van der Waals surface area contributed by atoms with Crippen LogP contribution in [-0.4, -0.2) is 26.5 Å². The molecule has 2 heterocycles. The zero-order chi connectivity index (χ0) is 18.6. The molecule has 0 aliphatic carbocycles. The zero-order valence-electron chi connectivity index (χ0n) is 15.1. The van der Waals surface area contributed by atoms with Crippen LogP contribution in [-0.2, 0) is 11.8 Å². The molecule has 0 saturated heterocycles. The van der Waals surface area contributed by atoms with Crippen molar-refractivity contribution in [3.05, 3.63) is 42.7 Å². The molecule has 1 atom stereocenters.